The highest BCUT2D eigenvalue weighted by Crippen LogP contribution is 2.56. The lowest BCUT2D eigenvalue weighted by molar-refractivity contribution is -0.0456. The number of fused-ring (bicyclic) bond motifs is 2. The van der Waals surface area contributed by atoms with Crippen LogP contribution in [0.4, 0.5) is 4.39 Å². The third-order valence-electron chi connectivity index (χ3n) is 6.40. The fourth-order valence-corrected chi connectivity index (χ4v) is 4.68. The minimum Gasteiger partial charge on any atom is -0.389 e. The molecule has 1 saturated carbocycles. The van der Waals surface area contributed by atoms with Crippen LogP contribution >= 0.6 is 0 Å². The minimum absolute atomic E-state index is 0.0706. The summed E-state index contributed by atoms with van der Waals surface area (Å²) in [4.78, 5) is 0. The predicted octanol–water partition coefficient (Wildman–Crippen LogP) is 4.81. The van der Waals surface area contributed by atoms with Crippen LogP contribution in [0.1, 0.15) is 56.7 Å². The lowest BCUT2D eigenvalue weighted by atomic mass is 9.66. The second kappa shape index (κ2) is 5.80. The zero-order chi connectivity index (χ0) is 17.7. The van der Waals surface area contributed by atoms with Crippen molar-refractivity contribution in [1.29, 1.82) is 0 Å². The summed E-state index contributed by atoms with van der Waals surface area (Å²) < 4.78 is 15.2. The third kappa shape index (κ3) is 2.46. The molecule has 4 rings (SSSR count). The van der Waals surface area contributed by atoms with Crippen molar-refractivity contribution in [2.75, 3.05) is 0 Å². The summed E-state index contributed by atoms with van der Waals surface area (Å²) in [6.07, 6.45) is 14.6. The average Bonchev–Trinajstić information content (AvgIpc) is 3.11. The molecule has 0 unspecified atom stereocenters. The Morgan fingerprint density at radius 3 is 2.92 bits per heavy atom. The van der Waals surface area contributed by atoms with Crippen molar-refractivity contribution in [3.8, 4) is 0 Å². The van der Waals surface area contributed by atoms with E-state index in [1.165, 1.54) is 17.2 Å². The molecule has 1 aromatic rings. The molecule has 4 heteroatoms. The summed E-state index contributed by atoms with van der Waals surface area (Å²) in [5, 5.41) is 15.9. The van der Waals surface area contributed by atoms with E-state index < -0.39 is 5.60 Å². The molecular weight excluding hydrogens is 315 g/mol. The molecule has 25 heavy (non-hydrogen) atoms. The van der Waals surface area contributed by atoms with E-state index in [2.05, 4.69) is 24.7 Å². The summed E-state index contributed by atoms with van der Waals surface area (Å²) in [5.41, 5.74) is 3.70. The third-order valence-corrected chi connectivity index (χ3v) is 6.40. The van der Waals surface area contributed by atoms with Gasteiger partial charge in [-0.25, -0.2) is 9.07 Å². The van der Waals surface area contributed by atoms with Gasteiger partial charge in [0.2, 0.25) is 0 Å². The number of aliphatic hydroxyl groups is 1. The summed E-state index contributed by atoms with van der Waals surface area (Å²) in [6.45, 7) is 5.99. The summed E-state index contributed by atoms with van der Waals surface area (Å²) >= 11 is 0. The van der Waals surface area contributed by atoms with Crippen LogP contribution in [0.2, 0.25) is 0 Å². The van der Waals surface area contributed by atoms with Crippen molar-refractivity contribution in [1.82, 2.24) is 9.78 Å². The molecule has 3 nitrogen and oxygen atoms in total. The van der Waals surface area contributed by atoms with Gasteiger partial charge in [-0.1, -0.05) is 18.6 Å². The van der Waals surface area contributed by atoms with Gasteiger partial charge in [0.05, 0.1) is 17.5 Å². The molecule has 0 radical (unpaired) electrons. The highest BCUT2D eigenvalue weighted by atomic mass is 19.1. The Bertz CT molecular complexity index is 816. The van der Waals surface area contributed by atoms with Crippen LogP contribution in [0.3, 0.4) is 0 Å². The molecule has 0 aliphatic heterocycles. The molecule has 0 spiro atoms. The topological polar surface area (TPSA) is 38.1 Å². The first-order chi connectivity index (χ1) is 12.0. The van der Waals surface area contributed by atoms with Crippen LogP contribution in [0.15, 0.2) is 42.4 Å². The molecular formula is C21H25FN2O. The molecule has 1 fully saturated rings. The molecule has 132 valence electrons. The van der Waals surface area contributed by atoms with Crippen molar-refractivity contribution in [3.05, 3.63) is 53.7 Å². The second-order valence-corrected chi connectivity index (χ2v) is 7.78. The van der Waals surface area contributed by atoms with Crippen molar-refractivity contribution in [2.24, 2.45) is 5.41 Å². The van der Waals surface area contributed by atoms with Crippen LogP contribution in [0.25, 0.3) is 11.8 Å². The van der Waals surface area contributed by atoms with Crippen molar-refractivity contribution < 1.29 is 9.50 Å². The van der Waals surface area contributed by atoms with E-state index in [1.807, 2.05) is 23.0 Å². The Balaban J connectivity index is 1.71. The summed E-state index contributed by atoms with van der Waals surface area (Å²) in [5.74, 6) is -0.0706. The largest absolute Gasteiger partial charge is 0.389 e. The van der Waals surface area contributed by atoms with Gasteiger partial charge in [0.15, 0.2) is 0 Å². The van der Waals surface area contributed by atoms with Gasteiger partial charge in [-0.2, -0.15) is 5.10 Å². The van der Waals surface area contributed by atoms with Crippen LogP contribution in [-0.2, 0) is 6.42 Å². The number of aromatic nitrogens is 2. The Labute approximate surface area is 148 Å². The standard InChI is InChI=1S/C21H25FN2O/c1-3-4-10-21(25)11-9-16-12-19-15(13-20(16,21)2)14-23-24(19)18-7-5-17(22)6-8-18/h3,5,7,12,14,25H,1,4,6,8-11,13H2,2H3/t20-,21-/m0/s1. The first-order valence-corrected chi connectivity index (χ1v) is 9.14. The Morgan fingerprint density at radius 1 is 1.36 bits per heavy atom. The maximum atomic E-state index is 13.3. The number of allylic oxidation sites excluding steroid dienone is 5. The van der Waals surface area contributed by atoms with Crippen LogP contribution in [-0.4, -0.2) is 20.5 Å². The predicted molar refractivity (Wildman–Crippen MR) is 98.3 cm³/mol. The monoisotopic (exact) mass is 340 g/mol. The van der Waals surface area contributed by atoms with Gasteiger partial charge in [0.1, 0.15) is 5.83 Å². The number of hydrogen-bond donors (Lipinski definition) is 1. The second-order valence-electron chi connectivity index (χ2n) is 7.78. The number of nitrogens with zero attached hydrogens (tertiary/aromatic N) is 2. The molecule has 1 N–H and O–H groups in total. The minimum atomic E-state index is -0.678. The first kappa shape index (κ1) is 16.5. The number of halogens is 1. The SMILES string of the molecule is C=CCC[C@]1(O)CCC2=Cc3c(cnn3C3=CC=C(F)CC3)C[C@@]21C. The Morgan fingerprint density at radius 2 is 2.20 bits per heavy atom. The van der Waals surface area contributed by atoms with E-state index in [-0.39, 0.29) is 11.2 Å². The Hall–Kier alpha value is -1.94. The first-order valence-electron chi connectivity index (χ1n) is 9.14. The smallest absolute Gasteiger partial charge is 0.100 e. The summed E-state index contributed by atoms with van der Waals surface area (Å²) in [7, 11) is 0. The quantitative estimate of drug-likeness (QED) is 0.799. The van der Waals surface area contributed by atoms with E-state index >= 15 is 0 Å². The maximum absolute atomic E-state index is 13.3. The van der Waals surface area contributed by atoms with Crippen molar-refractivity contribution >= 4 is 11.8 Å². The van der Waals surface area contributed by atoms with Gasteiger partial charge in [-0.05, 0) is 62.3 Å². The fourth-order valence-electron chi connectivity index (χ4n) is 4.68. The van der Waals surface area contributed by atoms with Crippen LogP contribution in [0.5, 0.6) is 0 Å². The van der Waals surface area contributed by atoms with E-state index in [0.29, 0.717) is 12.8 Å². The van der Waals surface area contributed by atoms with Gasteiger partial charge in [0.25, 0.3) is 0 Å². The van der Waals surface area contributed by atoms with Gasteiger partial charge >= 0.3 is 0 Å². The van der Waals surface area contributed by atoms with Gasteiger partial charge in [-0.15, -0.1) is 6.58 Å². The zero-order valence-electron chi connectivity index (χ0n) is 14.8. The van der Waals surface area contributed by atoms with E-state index in [1.54, 1.807) is 0 Å². The molecule has 2 atom stereocenters. The lowest BCUT2D eigenvalue weighted by Gasteiger charge is -2.42. The van der Waals surface area contributed by atoms with E-state index in [0.717, 1.165) is 43.5 Å². The highest BCUT2D eigenvalue weighted by Gasteiger charge is 2.54. The molecule has 3 aliphatic carbocycles. The molecule has 1 heterocycles. The van der Waals surface area contributed by atoms with Crippen molar-refractivity contribution in [3.63, 3.8) is 0 Å². The van der Waals surface area contributed by atoms with E-state index in [9.17, 15) is 9.50 Å². The molecule has 0 aromatic carbocycles. The molecule has 0 amide bonds. The molecule has 0 bridgehead atoms. The van der Waals surface area contributed by atoms with Gasteiger partial charge < -0.3 is 5.11 Å². The zero-order valence-corrected chi connectivity index (χ0v) is 14.8. The summed E-state index contributed by atoms with van der Waals surface area (Å²) in [6, 6.07) is 0. The number of rotatable bonds is 4. The molecule has 3 aliphatic rings. The van der Waals surface area contributed by atoms with Crippen molar-refractivity contribution in [2.45, 2.75) is 57.5 Å². The average molecular weight is 340 g/mol. The van der Waals surface area contributed by atoms with Gasteiger partial charge in [0, 0.05) is 17.5 Å². The normalized spacial score (nSPS) is 30.9. The fraction of sp³-hybridized carbons (Fsp3) is 0.476. The van der Waals surface area contributed by atoms with Crippen LogP contribution in [0, 0.1) is 5.41 Å². The molecule has 0 saturated heterocycles. The van der Waals surface area contributed by atoms with Crippen LogP contribution < -0.4 is 0 Å². The van der Waals surface area contributed by atoms with Gasteiger partial charge in [-0.3, -0.25) is 0 Å². The highest BCUT2D eigenvalue weighted by molar-refractivity contribution is 5.65. The number of hydrogen-bond acceptors (Lipinski definition) is 2. The van der Waals surface area contributed by atoms with E-state index in [4.69, 9.17) is 0 Å². The Kier molecular flexibility index (Phi) is 3.84. The lowest BCUT2D eigenvalue weighted by Crippen LogP contribution is -2.45. The molecule has 1 aromatic heterocycles. The maximum Gasteiger partial charge on any atom is 0.100 e.